The molecule has 0 atom stereocenters. The molecule has 0 aliphatic heterocycles. The summed E-state index contributed by atoms with van der Waals surface area (Å²) in [4.78, 5) is 10.8. The summed E-state index contributed by atoms with van der Waals surface area (Å²) in [6, 6.07) is 4.06. The molecule has 0 saturated heterocycles. The van der Waals surface area contributed by atoms with Crippen molar-refractivity contribution >= 4 is 15.8 Å². The van der Waals surface area contributed by atoms with E-state index in [1.807, 2.05) is 0 Å². The van der Waals surface area contributed by atoms with Crippen molar-refractivity contribution in [2.75, 3.05) is 5.75 Å². The van der Waals surface area contributed by atoms with Crippen molar-refractivity contribution in [3.8, 4) is 0 Å². The van der Waals surface area contributed by atoms with Crippen LogP contribution in [0.2, 0.25) is 0 Å². The normalized spacial score (nSPS) is 16.9. The topological polar surface area (TPSA) is 71.4 Å². The van der Waals surface area contributed by atoms with E-state index in [0.29, 0.717) is 18.4 Å². The van der Waals surface area contributed by atoms with E-state index in [0.717, 1.165) is 5.56 Å². The van der Waals surface area contributed by atoms with E-state index in [1.54, 1.807) is 13.0 Å². The highest BCUT2D eigenvalue weighted by molar-refractivity contribution is 7.90. The number of rotatable bonds is 6. The predicted molar refractivity (Wildman–Crippen MR) is 72.5 cm³/mol. The lowest BCUT2D eigenvalue weighted by Gasteiger charge is -2.14. The number of aliphatic carboxylic acids is 1. The molecule has 20 heavy (non-hydrogen) atoms. The fourth-order valence-electron chi connectivity index (χ4n) is 2.42. The van der Waals surface area contributed by atoms with Crippen LogP contribution in [0.15, 0.2) is 18.2 Å². The maximum Gasteiger partial charge on any atom is 0.303 e. The van der Waals surface area contributed by atoms with Crippen LogP contribution in [0.25, 0.3) is 0 Å². The second kappa shape index (κ2) is 5.16. The van der Waals surface area contributed by atoms with E-state index in [4.69, 9.17) is 5.11 Å². The predicted octanol–water partition coefficient (Wildman–Crippen LogP) is 2.30. The number of hydrogen-bond acceptors (Lipinski definition) is 3. The van der Waals surface area contributed by atoms with Crippen LogP contribution < -0.4 is 0 Å². The van der Waals surface area contributed by atoms with E-state index in [-0.39, 0.29) is 17.9 Å². The van der Waals surface area contributed by atoms with Gasteiger partial charge in [0.15, 0.2) is 9.84 Å². The smallest absolute Gasteiger partial charge is 0.303 e. The molecule has 0 radical (unpaired) electrons. The first-order chi connectivity index (χ1) is 9.21. The zero-order chi connectivity index (χ0) is 15.0. The van der Waals surface area contributed by atoms with Crippen molar-refractivity contribution in [2.24, 2.45) is 5.41 Å². The van der Waals surface area contributed by atoms with Gasteiger partial charge in [0.1, 0.15) is 5.82 Å². The number of carbonyl (C=O) groups is 1. The van der Waals surface area contributed by atoms with Crippen LogP contribution in [0, 0.1) is 18.2 Å². The summed E-state index contributed by atoms with van der Waals surface area (Å²) in [5.74, 6) is -1.81. The third-order valence-corrected chi connectivity index (χ3v) is 5.50. The molecule has 0 heterocycles. The average Bonchev–Trinajstić information content (AvgIpc) is 3.00. The number of benzene rings is 1. The number of carboxylic acids is 1. The van der Waals surface area contributed by atoms with Crippen molar-refractivity contribution in [1.29, 1.82) is 0 Å². The molecule has 2 rings (SSSR count). The third kappa shape index (κ3) is 3.79. The molecule has 4 nitrogen and oxygen atoms in total. The summed E-state index contributed by atoms with van der Waals surface area (Å²) in [5, 5.41) is 8.81. The van der Waals surface area contributed by atoms with Crippen LogP contribution in [0.3, 0.4) is 0 Å². The van der Waals surface area contributed by atoms with Gasteiger partial charge >= 0.3 is 5.97 Å². The second-order valence-corrected chi connectivity index (χ2v) is 7.74. The number of carboxylic acid groups (broad SMARTS) is 1. The number of aryl methyl sites for hydroxylation is 1. The van der Waals surface area contributed by atoms with Crippen LogP contribution in [-0.2, 0) is 20.4 Å². The Hall–Kier alpha value is -1.43. The standard InChI is InChI=1S/C14H17FO4S/c1-10-2-3-12(15)6-11(10)8-20(18,19)9-14(4-5-14)7-13(16)17/h2-3,6H,4-5,7-9H2,1H3,(H,16,17). The first-order valence-electron chi connectivity index (χ1n) is 6.39. The highest BCUT2D eigenvalue weighted by Gasteiger charge is 2.47. The zero-order valence-electron chi connectivity index (χ0n) is 11.2. The summed E-state index contributed by atoms with van der Waals surface area (Å²) in [5.41, 5.74) is 0.556. The summed E-state index contributed by atoms with van der Waals surface area (Å²) in [6.07, 6.45) is 1.13. The van der Waals surface area contributed by atoms with E-state index in [9.17, 15) is 17.6 Å². The molecule has 0 spiro atoms. The fourth-order valence-corrected chi connectivity index (χ4v) is 4.63. The zero-order valence-corrected chi connectivity index (χ0v) is 12.0. The first kappa shape index (κ1) is 15.0. The molecule has 1 N–H and O–H groups in total. The van der Waals surface area contributed by atoms with Crippen LogP contribution >= 0.6 is 0 Å². The SMILES string of the molecule is Cc1ccc(F)cc1CS(=O)(=O)CC1(CC(=O)O)CC1. The second-order valence-electron chi connectivity index (χ2n) is 5.67. The van der Waals surface area contributed by atoms with Gasteiger partial charge < -0.3 is 5.11 Å². The Labute approximate surface area is 117 Å². The molecule has 0 unspecified atom stereocenters. The van der Waals surface area contributed by atoms with Crippen LogP contribution in [0.5, 0.6) is 0 Å². The molecule has 1 aromatic rings. The average molecular weight is 300 g/mol. The van der Waals surface area contributed by atoms with Crippen molar-refractivity contribution in [3.05, 3.63) is 35.1 Å². The molecule has 1 aliphatic rings. The largest absolute Gasteiger partial charge is 0.481 e. The number of sulfone groups is 1. The van der Waals surface area contributed by atoms with Crippen molar-refractivity contribution in [3.63, 3.8) is 0 Å². The Morgan fingerprint density at radius 1 is 1.40 bits per heavy atom. The summed E-state index contributed by atoms with van der Waals surface area (Å²) in [7, 11) is -3.44. The van der Waals surface area contributed by atoms with Crippen molar-refractivity contribution in [2.45, 2.75) is 31.9 Å². The van der Waals surface area contributed by atoms with Gasteiger partial charge in [-0.2, -0.15) is 0 Å². The molecule has 0 aromatic heterocycles. The minimum atomic E-state index is -3.44. The van der Waals surface area contributed by atoms with E-state index < -0.39 is 27.0 Å². The number of hydrogen-bond donors (Lipinski definition) is 1. The summed E-state index contributed by atoms with van der Waals surface area (Å²) in [6.45, 7) is 1.73. The third-order valence-electron chi connectivity index (χ3n) is 3.70. The monoisotopic (exact) mass is 300 g/mol. The molecule has 1 saturated carbocycles. The summed E-state index contributed by atoms with van der Waals surface area (Å²) >= 11 is 0. The molecule has 1 fully saturated rings. The van der Waals surface area contributed by atoms with E-state index >= 15 is 0 Å². The molecule has 0 amide bonds. The van der Waals surface area contributed by atoms with E-state index in [2.05, 4.69) is 0 Å². The quantitative estimate of drug-likeness (QED) is 0.875. The van der Waals surface area contributed by atoms with Gasteiger partial charge in [0, 0.05) is 0 Å². The van der Waals surface area contributed by atoms with Crippen molar-refractivity contribution in [1.82, 2.24) is 0 Å². The lowest BCUT2D eigenvalue weighted by Crippen LogP contribution is -2.22. The molecular formula is C14H17FO4S. The number of halogens is 1. The van der Waals surface area contributed by atoms with Crippen LogP contribution in [-0.4, -0.2) is 25.2 Å². The van der Waals surface area contributed by atoms with Gasteiger partial charge in [0.05, 0.1) is 17.9 Å². The molecule has 6 heteroatoms. The molecule has 110 valence electrons. The summed E-state index contributed by atoms with van der Waals surface area (Å²) < 4.78 is 37.5. The Balaban J connectivity index is 2.12. The van der Waals surface area contributed by atoms with Gasteiger partial charge in [0.25, 0.3) is 0 Å². The van der Waals surface area contributed by atoms with E-state index in [1.165, 1.54) is 12.1 Å². The Morgan fingerprint density at radius 3 is 2.60 bits per heavy atom. The highest BCUT2D eigenvalue weighted by atomic mass is 32.2. The van der Waals surface area contributed by atoms with Gasteiger partial charge in [-0.15, -0.1) is 0 Å². The molecule has 1 aliphatic carbocycles. The molecule has 1 aromatic carbocycles. The van der Waals surface area contributed by atoms with Gasteiger partial charge in [-0.25, -0.2) is 12.8 Å². The molecular weight excluding hydrogens is 283 g/mol. The van der Waals surface area contributed by atoms with Crippen molar-refractivity contribution < 1.29 is 22.7 Å². The Kier molecular flexibility index (Phi) is 3.86. The minimum Gasteiger partial charge on any atom is -0.481 e. The maximum absolute atomic E-state index is 13.2. The lowest BCUT2D eigenvalue weighted by atomic mass is 10.1. The van der Waals surface area contributed by atoms with Gasteiger partial charge in [-0.1, -0.05) is 6.07 Å². The van der Waals surface area contributed by atoms with Gasteiger partial charge in [0.2, 0.25) is 0 Å². The van der Waals surface area contributed by atoms with Crippen LogP contribution in [0.4, 0.5) is 4.39 Å². The Morgan fingerprint density at radius 2 is 2.05 bits per heavy atom. The van der Waals surface area contributed by atoms with Gasteiger partial charge in [-0.05, 0) is 48.4 Å². The fraction of sp³-hybridized carbons (Fsp3) is 0.500. The molecule has 0 bridgehead atoms. The highest BCUT2D eigenvalue weighted by Crippen LogP contribution is 2.50. The minimum absolute atomic E-state index is 0.117. The first-order valence-corrected chi connectivity index (χ1v) is 8.21. The lowest BCUT2D eigenvalue weighted by molar-refractivity contribution is -0.138. The van der Waals surface area contributed by atoms with Gasteiger partial charge in [-0.3, -0.25) is 4.79 Å². The Bertz CT molecular complexity index is 633. The maximum atomic E-state index is 13.2. The van der Waals surface area contributed by atoms with Crippen LogP contribution in [0.1, 0.15) is 30.4 Å².